The fraction of sp³-hybridized carbons (Fsp3) is 0.429. The van der Waals surface area contributed by atoms with Crippen molar-refractivity contribution in [1.82, 2.24) is 9.97 Å². The first-order valence-electron chi connectivity index (χ1n) is 3.35. The van der Waals surface area contributed by atoms with Gasteiger partial charge < -0.3 is 9.78 Å². The Kier molecular flexibility index (Phi) is 2.67. The molecule has 0 aliphatic heterocycles. The summed E-state index contributed by atoms with van der Waals surface area (Å²) in [5.74, 6) is 0.960. The van der Waals surface area contributed by atoms with Gasteiger partial charge in [-0.2, -0.15) is 0 Å². The van der Waals surface area contributed by atoms with Gasteiger partial charge in [0.25, 0.3) is 0 Å². The van der Waals surface area contributed by atoms with Crippen LogP contribution in [0.4, 0.5) is 0 Å². The summed E-state index contributed by atoms with van der Waals surface area (Å²) in [4.78, 5) is 16.9. The average molecular weight is 138 g/mol. The normalized spacial score (nSPS) is 9.60. The highest BCUT2D eigenvalue weighted by atomic mass is 16.1. The number of aromatic amines is 1. The Morgan fingerprint density at radius 2 is 2.60 bits per heavy atom. The smallest absolute Gasteiger partial charge is 0.120 e. The number of carbonyl (C=O) groups excluding carboxylic acids is 1. The second kappa shape index (κ2) is 3.82. The van der Waals surface area contributed by atoms with E-state index in [1.807, 2.05) is 0 Å². The van der Waals surface area contributed by atoms with Crippen LogP contribution in [0, 0.1) is 0 Å². The highest BCUT2D eigenvalue weighted by Gasteiger charge is 1.92. The first kappa shape index (κ1) is 6.99. The lowest BCUT2D eigenvalue weighted by Gasteiger charge is -1.89. The molecule has 0 amide bonds. The topological polar surface area (TPSA) is 45.8 Å². The second-order valence-corrected chi connectivity index (χ2v) is 2.09. The Balaban J connectivity index is 2.21. The summed E-state index contributed by atoms with van der Waals surface area (Å²) in [6.07, 6.45) is 6.82. The minimum Gasteiger partial charge on any atom is -0.349 e. The molecule has 0 fully saturated rings. The van der Waals surface area contributed by atoms with E-state index in [4.69, 9.17) is 0 Å². The standard InChI is InChI=1S/C7H10N2O/c10-6-2-1-3-7-8-4-5-9-7/h4-6H,1-3H2,(H,8,9). The number of rotatable bonds is 4. The maximum Gasteiger partial charge on any atom is 0.120 e. The molecule has 0 aromatic carbocycles. The minimum atomic E-state index is 0.626. The van der Waals surface area contributed by atoms with Crippen LogP contribution < -0.4 is 0 Å². The molecule has 0 unspecified atom stereocenters. The van der Waals surface area contributed by atoms with Gasteiger partial charge in [-0.05, 0) is 6.42 Å². The summed E-state index contributed by atoms with van der Waals surface area (Å²) >= 11 is 0. The number of nitrogens with zero attached hydrogens (tertiary/aromatic N) is 1. The number of nitrogens with one attached hydrogen (secondary N) is 1. The van der Waals surface area contributed by atoms with Gasteiger partial charge >= 0.3 is 0 Å². The van der Waals surface area contributed by atoms with E-state index in [2.05, 4.69) is 9.97 Å². The van der Waals surface area contributed by atoms with Gasteiger partial charge in [0.15, 0.2) is 0 Å². The minimum absolute atomic E-state index is 0.626. The fourth-order valence-corrected chi connectivity index (χ4v) is 0.788. The van der Waals surface area contributed by atoms with E-state index >= 15 is 0 Å². The highest BCUT2D eigenvalue weighted by Crippen LogP contribution is 1.95. The van der Waals surface area contributed by atoms with Crippen molar-refractivity contribution in [2.75, 3.05) is 0 Å². The van der Waals surface area contributed by atoms with Crippen molar-refractivity contribution in [2.24, 2.45) is 0 Å². The van der Waals surface area contributed by atoms with Crippen LogP contribution in [0.5, 0.6) is 0 Å². The van der Waals surface area contributed by atoms with Gasteiger partial charge in [-0.25, -0.2) is 4.98 Å². The van der Waals surface area contributed by atoms with E-state index in [1.165, 1.54) is 0 Å². The monoisotopic (exact) mass is 138 g/mol. The molecule has 3 heteroatoms. The quantitative estimate of drug-likeness (QED) is 0.497. The van der Waals surface area contributed by atoms with Gasteiger partial charge in [0, 0.05) is 25.2 Å². The van der Waals surface area contributed by atoms with Crippen molar-refractivity contribution in [2.45, 2.75) is 19.3 Å². The molecular weight excluding hydrogens is 128 g/mol. The third kappa shape index (κ3) is 2.01. The summed E-state index contributed by atoms with van der Waals surface area (Å²) in [5.41, 5.74) is 0. The fourth-order valence-electron chi connectivity index (χ4n) is 0.788. The van der Waals surface area contributed by atoms with E-state index in [-0.39, 0.29) is 0 Å². The average Bonchev–Trinajstić information content (AvgIpc) is 2.41. The van der Waals surface area contributed by atoms with Crippen molar-refractivity contribution in [3.05, 3.63) is 18.2 Å². The molecule has 0 bridgehead atoms. The van der Waals surface area contributed by atoms with Gasteiger partial charge in [0.2, 0.25) is 0 Å². The number of aryl methyl sites for hydroxylation is 1. The molecule has 0 saturated carbocycles. The summed E-state index contributed by atoms with van der Waals surface area (Å²) in [5, 5.41) is 0. The van der Waals surface area contributed by atoms with Crippen LogP contribution in [0.25, 0.3) is 0 Å². The van der Waals surface area contributed by atoms with E-state index in [0.717, 1.165) is 25.0 Å². The van der Waals surface area contributed by atoms with E-state index in [1.54, 1.807) is 12.4 Å². The first-order chi connectivity index (χ1) is 4.93. The molecule has 1 heterocycles. The Hall–Kier alpha value is -1.12. The number of H-pyrrole nitrogens is 1. The summed E-state index contributed by atoms with van der Waals surface area (Å²) in [6.45, 7) is 0. The van der Waals surface area contributed by atoms with Crippen LogP contribution in [0.3, 0.4) is 0 Å². The van der Waals surface area contributed by atoms with Crippen LogP contribution in [-0.4, -0.2) is 16.3 Å². The largest absolute Gasteiger partial charge is 0.349 e. The lowest BCUT2D eigenvalue weighted by Crippen LogP contribution is -1.87. The second-order valence-electron chi connectivity index (χ2n) is 2.09. The van der Waals surface area contributed by atoms with Crippen molar-refractivity contribution in [1.29, 1.82) is 0 Å². The van der Waals surface area contributed by atoms with Gasteiger partial charge in [0.1, 0.15) is 12.1 Å². The highest BCUT2D eigenvalue weighted by molar-refractivity contribution is 5.49. The zero-order valence-corrected chi connectivity index (χ0v) is 5.71. The van der Waals surface area contributed by atoms with Crippen LogP contribution in [0.1, 0.15) is 18.7 Å². The zero-order chi connectivity index (χ0) is 7.23. The van der Waals surface area contributed by atoms with Gasteiger partial charge in [-0.3, -0.25) is 0 Å². The number of unbranched alkanes of at least 4 members (excludes halogenated alkanes) is 1. The van der Waals surface area contributed by atoms with Crippen LogP contribution in [0.15, 0.2) is 12.4 Å². The Bertz CT molecular complexity index is 181. The number of imidazole rings is 1. The molecule has 0 atom stereocenters. The lowest BCUT2D eigenvalue weighted by molar-refractivity contribution is -0.107. The molecule has 0 aliphatic rings. The summed E-state index contributed by atoms with van der Waals surface area (Å²) < 4.78 is 0. The van der Waals surface area contributed by atoms with E-state index in [0.29, 0.717) is 6.42 Å². The molecule has 1 rings (SSSR count). The lowest BCUT2D eigenvalue weighted by atomic mass is 10.2. The predicted molar refractivity (Wildman–Crippen MR) is 37.6 cm³/mol. The SMILES string of the molecule is O=CCCCc1ncc[nH]1. The predicted octanol–water partition coefficient (Wildman–Crippen LogP) is 0.931. The van der Waals surface area contributed by atoms with Crippen LogP contribution >= 0.6 is 0 Å². The first-order valence-corrected chi connectivity index (χ1v) is 3.35. The van der Waals surface area contributed by atoms with Crippen molar-refractivity contribution in [3.8, 4) is 0 Å². The van der Waals surface area contributed by atoms with Gasteiger partial charge in [-0.15, -0.1) is 0 Å². The molecule has 54 valence electrons. The van der Waals surface area contributed by atoms with Gasteiger partial charge in [0.05, 0.1) is 0 Å². The van der Waals surface area contributed by atoms with E-state index in [9.17, 15) is 4.79 Å². The Morgan fingerprint density at radius 3 is 3.20 bits per heavy atom. The van der Waals surface area contributed by atoms with Crippen molar-refractivity contribution >= 4 is 6.29 Å². The number of aldehydes is 1. The number of aromatic nitrogens is 2. The number of hydrogen-bond donors (Lipinski definition) is 1. The Labute approximate surface area is 59.5 Å². The molecule has 0 aliphatic carbocycles. The van der Waals surface area contributed by atoms with Crippen LogP contribution in [-0.2, 0) is 11.2 Å². The van der Waals surface area contributed by atoms with Crippen molar-refractivity contribution < 1.29 is 4.79 Å². The molecule has 1 aromatic rings. The molecule has 10 heavy (non-hydrogen) atoms. The third-order valence-electron chi connectivity index (χ3n) is 1.29. The number of hydrogen-bond acceptors (Lipinski definition) is 2. The van der Waals surface area contributed by atoms with Crippen molar-refractivity contribution in [3.63, 3.8) is 0 Å². The molecule has 0 saturated heterocycles. The molecule has 1 N–H and O–H groups in total. The maximum atomic E-state index is 9.90. The summed E-state index contributed by atoms with van der Waals surface area (Å²) in [7, 11) is 0. The molecular formula is C7H10N2O. The molecule has 3 nitrogen and oxygen atoms in total. The molecule has 0 spiro atoms. The molecule has 0 radical (unpaired) electrons. The maximum absolute atomic E-state index is 9.90. The number of carbonyl (C=O) groups is 1. The Morgan fingerprint density at radius 1 is 1.70 bits per heavy atom. The molecule has 1 aromatic heterocycles. The summed E-state index contributed by atoms with van der Waals surface area (Å²) in [6, 6.07) is 0. The zero-order valence-electron chi connectivity index (χ0n) is 5.71. The third-order valence-corrected chi connectivity index (χ3v) is 1.29. The van der Waals surface area contributed by atoms with Gasteiger partial charge in [-0.1, -0.05) is 0 Å². The van der Waals surface area contributed by atoms with E-state index < -0.39 is 0 Å². The van der Waals surface area contributed by atoms with Crippen LogP contribution in [0.2, 0.25) is 0 Å².